The van der Waals surface area contributed by atoms with Crippen LogP contribution in [0, 0.1) is 5.92 Å². The van der Waals surface area contributed by atoms with E-state index in [1.807, 2.05) is 32.4 Å². The lowest BCUT2D eigenvalue weighted by molar-refractivity contribution is -0.123. The predicted molar refractivity (Wildman–Crippen MR) is 130 cm³/mol. The van der Waals surface area contributed by atoms with Crippen molar-refractivity contribution in [2.45, 2.75) is 45.3 Å². The summed E-state index contributed by atoms with van der Waals surface area (Å²) in [6.07, 6.45) is 5.74. The highest BCUT2D eigenvalue weighted by molar-refractivity contribution is 5.90. The molecular weight excluding hydrogens is 398 g/mol. The molecule has 4 rings (SSSR count). The van der Waals surface area contributed by atoms with Crippen molar-refractivity contribution in [3.8, 4) is 0 Å². The van der Waals surface area contributed by atoms with E-state index in [4.69, 9.17) is 0 Å². The molecule has 0 saturated heterocycles. The molecule has 1 aliphatic heterocycles. The highest BCUT2D eigenvalue weighted by atomic mass is 16.2. The maximum atomic E-state index is 13.1. The summed E-state index contributed by atoms with van der Waals surface area (Å²) in [5, 5.41) is 8.13. The first kappa shape index (κ1) is 22.5. The number of pyridine rings is 1. The van der Waals surface area contributed by atoms with E-state index >= 15 is 0 Å². The molecule has 0 radical (unpaired) electrons. The number of aromatic nitrogens is 2. The van der Waals surface area contributed by atoms with Gasteiger partial charge < -0.3 is 14.8 Å². The molecule has 1 aliphatic rings. The van der Waals surface area contributed by atoms with Crippen molar-refractivity contribution >= 4 is 16.8 Å². The lowest BCUT2D eigenvalue weighted by atomic mass is 9.94. The summed E-state index contributed by atoms with van der Waals surface area (Å²) in [6, 6.07) is 12.5. The minimum atomic E-state index is -0.248. The van der Waals surface area contributed by atoms with Gasteiger partial charge in [0.2, 0.25) is 5.91 Å². The molecule has 2 atom stereocenters. The summed E-state index contributed by atoms with van der Waals surface area (Å²) in [4.78, 5) is 19.7. The van der Waals surface area contributed by atoms with Crippen LogP contribution in [0.5, 0.6) is 0 Å². The lowest BCUT2D eigenvalue weighted by Crippen LogP contribution is -2.47. The van der Waals surface area contributed by atoms with Crippen molar-refractivity contribution < 1.29 is 4.79 Å². The third-order valence-corrected chi connectivity index (χ3v) is 6.16. The Morgan fingerprint density at radius 2 is 2.09 bits per heavy atom. The fraction of sp³-hybridized carbons (Fsp3) is 0.462. The van der Waals surface area contributed by atoms with Gasteiger partial charge in [-0.25, -0.2) is 0 Å². The van der Waals surface area contributed by atoms with Gasteiger partial charge in [0.1, 0.15) is 0 Å². The summed E-state index contributed by atoms with van der Waals surface area (Å²) >= 11 is 0. The molecule has 0 aliphatic carbocycles. The van der Waals surface area contributed by atoms with Crippen molar-refractivity contribution in [1.82, 2.24) is 25.1 Å². The Hall–Kier alpha value is -2.70. The molecule has 3 heterocycles. The maximum absolute atomic E-state index is 13.1. The zero-order valence-electron chi connectivity index (χ0n) is 19.6. The predicted octanol–water partition coefficient (Wildman–Crippen LogP) is 3.36. The third kappa shape index (κ3) is 5.03. The monoisotopic (exact) mass is 433 g/mol. The average Bonchev–Trinajstić information content (AvgIpc) is 3.01. The van der Waals surface area contributed by atoms with Crippen LogP contribution in [0.25, 0.3) is 10.9 Å². The first-order valence-corrected chi connectivity index (χ1v) is 11.6. The number of nitrogens with one attached hydrogen (secondary N) is 2. The van der Waals surface area contributed by atoms with Crippen molar-refractivity contribution in [2.75, 3.05) is 27.2 Å². The van der Waals surface area contributed by atoms with Crippen LogP contribution >= 0.6 is 0 Å². The van der Waals surface area contributed by atoms with Gasteiger partial charge >= 0.3 is 0 Å². The second-order valence-electron chi connectivity index (χ2n) is 9.54. The second-order valence-corrected chi connectivity index (χ2v) is 9.54. The Balaban J connectivity index is 1.69. The van der Waals surface area contributed by atoms with E-state index in [2.05, 4.69) is 69.4 Å². The van der Waals surface area contributed by atoms with E-state index in [9.17, 15) is 4.79 Å². The zero-order valence-corrected chi connectivity index (χ0v) is 19.6. The number of rotatable bonds is 8. The van der Waals surface area contributed by atoms with Crippen LogP contribution < -0.4 is 10.6 Å². The number of carbonyl (C=O) groups is 1. The maximum Gasteiger partial charge on any atom is 0.237 e. The molecular formula is C26H35N5O. The Morgan fingerprint density at radius 3 is 2.81 bits per heavy atom. The molecule has 1 amide bonds. The lowest BCUT2D eigenvalue weighted by Gasteiger charge is -2.25. The highest BCUT2D eigenvalue weighted by Gasteiger charge is 2.30. The SMILES string of the molecule is CC(C)C[C@@H]1N[C@H](C(=O)NCCN(C)C)Cc2cn(Cc3ccccn3)c3cccc1c23. The van der Waals surface area contributed by atoms with Crippen LogP contribution in [0.1, 0.15) is 43.1 Å². The van der Waals surface area contributed by atoms with Gasteiger partial charge in [-0.15, -0.1) is 0 Å². The number of hydrogen-bond acceptors (Lipinski definition) is 4. The molecule has 3 aromatic rings. The Labute approximate surface area is 191 Å². The number of amides is 1. The van der Waals surface area contributed by atoms with Crippen LogP contribution in [-0.2, 0) is 17.8 Å². The van der Waals surface area contributed by atoms with Gasteiger partial charge in [-0.2, -0.15) is 0 Å². The molecule has 0 fully saturated rings. The van der Waals surface area contributed by atoms with E-state index < -0.39 is 0 Å². The van der Waals surface area contributed by atoms with Crippen LogP contribution in [0.2, 0.25) is 0 Å². The van der Waals surface area contributed by atoms with Crippen LogP contribution in [0.15, 0.2) is 48.8 Å². The summed E-state index contributed by atoms with van der Waals surface area (Å²) < 4.78 is 2.29. The molecule has 170 valence electrons. The van der Waals surface area contributed by atoms with Gasteiger partial charge in [-0.3, -0.25) is 15.1 Å². The largest absolute Gasteiger partial charge is 0.353 e. The molecule has 0 spiro atoms. The molecule has 0 bridgehead atoms. The number of nitrogens with zero attached hydrogens (tertiary/aromatic N) is 3. The highest BCUT2D eigenvalue weighted by Crippen LogP contribution is 2.36. The van der Waals surface area contributed by atoms with E-state index in [-0.39, 0.29) is 18.0 Å². The van der Waals surface area contributed by atoms with Gasteiger partial charge in [-0.05, 0) is 62.2 Å². The van der Waals surface area contributed by atoms with Crippen molar-refractivity contribution in [2.24, 2.45) is 5.92 Å². The van der Waals surface area contributed by atoms with Crippen molar-refractivity contribution in [3.63, 3.8) is 0 Å². The Bertz CT molecular complexity index is 1060. The smallest absolute Gasteiger partial charge is 0.237 e. The topological polar surface area (TPSA) is 62.2 Å². The van der Waals surface area contributed by atoms with E-state index in [1.165, 1.54) is 22.0 Å². The van der Waals surface area contributed by atoms with E-state index in [0.717, 1.165) is 25.2 Å². The first-order valence-electron chi connectivity index (χ1n) is 11.6. The van der Waals surface area contributed by atoms with Gasteiger partial charge in [0, 0.05) is 42.4 Å². The Morgan fingerprint density at radius 1 is 1.25 bits per heavy atom. The minimum absolute atomic E-state index is 0.0824. The summed E-state index contributed by atoms with van der Waals surface area (Å²) in [6.45, 7) is 6.70. The normalized spacial score (nSPS) is 18.3. The first-order chi connectivity index (χ1) is 15.4. The summed E-state index contributed by atoms with van der Waals surface area (Å²) in [5.74, 6) is 0.608. The van der Waals surface area contributed by atoms with Crippen LogP contribution in [0.3, 0.4) is 0 Å². The molecule has 0 unspecified atom stereocenters. The summed E-state index contributed by atoms with van der Waals surface area (Å²) in [7, 11) is 4.04. The van der Waals surface area contributed by atoms with Crippen LogP contribution in [-0.4, -0.2) is 53.6 Å². The number of hydrogen-bond donors (Lipinski definition) is 2. The number of carbonyl (C=O) groups excluding carboxylic acids is 1. The molecule has 0 saturated carbocycles. The average molecular weight is 434 g/mol. The molecule has 2 aromatic heterocycles. The molecule has 2 N–H and O–H groups in total. The summed E-state index contributed by atoms with van der Waals surface area (Å²) in [5.41, 5.74) is 4.79. The Kier molecular flexibility index (Phi) is 6.92. The number of benzene rings is 1. The van der Waals surface area contributed by atoms with E-state index in [1.54, 1.807) is 0 Å². The molecule has 32 heavy (non-hydrogen) atoms. The van der Waals surface area contributed by atoms with Gasteiger partial charge in [0.25, 0.3) is 0 Å². The third-order valence-electron chi connectivity index (χ3n) is 6.16. The zero-order chi connectivity index (χ0) is 22.7. The van der Waals surface area contributed by atoms with Gasteiger partial charge in [0.15, 0.2) is 0 Å². The fourth-order valence-electron chi connectivity index (χ4n) is 4.68. The fourth-order valence-corrected chi connectivity index (χ4v) is 4.68. The number of likely N-dealkylation sites (N-methyl/N-ethyl adjacent to an activating group) is 1. The molecule has 6 heteroatoms. The van der Waals surface area contributed by atoms with Gasteiger partial charge in [0.05, 0.1) is 18.3 Å². The van der Waals surface area contributed by atoms with Crippen molar-refractivity contribution in [1.29, 1.82) is 0 Å². The van der Waals surface area contributed by atoms with E-state index in [0.29, 0.717) is 18.9 Å². The molecule has 1 aromatic carbocycles. The van der Waals surface area contributed by atoms with Gasteiger partial charge in [-0.1, -0.05) is 32.0 Å². The van der Waals surface area contributed by atoms with Crippen LogP contribution in [0.4, 0.5) is 0 Å². The molecule has 6 nitrogen and oxygen atoms in total. The second kappa shape index (κ2) is 9.84. The minimum Gasteiger partial charge on any atom is -0.353 e. The standard InChI is InChI=1S/C26H35N5O/c1-18(2)14-22-21-9-7-10-24-25(21)19(16-31(24)17-20-8-5-6-11-27-20)15-23(29-22)26(32)28-12-13-30(3)4/h5-11,16,18,22-23,29H,12-15,17H2,1-4H3,(H,28,32)/t22-,23-/m0/s1. The van der Waals surface area contributed by atoms with Crippen molar-refractivity contribution in [3.05, 3.63) is 65.6 Å². The quantitative estimate of drug-likeness (QED) is 0.572.